The Morgan fingerprint density at radius 1 is 1.09 bits per heavy atom. The van der Waals surface area contributed by atoms with E-state index in [1.54, 1.807) is 31.3 Å². The van der Waals surface area contributed by atoms with Gasteiger partial charge in [0.25, 0.3) is 5.91 Å². The van der Waals surface area contributed by atoms with Crippen LogP contribution < -0.4 is 10.6 Å². The van der Waals surface area contributed by atoms with Crippen LogP contribution in [0.15, 0.2) is 55.0 Å². The number of fused-ring (bicyclic) bond motifs is 1. The second kappa shape index (κ2) is 7.76. The van der Waals surface area contributed by atoms with Crippen molar-refractivity contribution in [3.05, 3.63) is 77.4 Å². The number of rotatable bonds is 4. The van der Waals surface area contributed by atoms with Crippen molar-refractivity contribution in [3.63, 3.8) is 0 Å². The minimum Gasteiger partial charge on any atom is -0.366 e. The zero-order chi connectivity index (χ0) is 23.0. The lowest BCUT2D eigenvalue weighted by molar-refractivity contribution is -0.137. The highest BCUT2D eigenvalue weighted by molar-refractivity contribution is 6.06. The van der Waals surface area contributed by atoms with Gasteiger partial charge in [-0.3, -0.25) is 9.78 Å². The van der Waals surface area contributed by atoms with E-state index in [-0.39, 0.29) is 33.5 Å². The fourth-order valence-electron chi connectivity index (χ4n) is 3.07. The molecule has 2 N–H and O–H groups in total. The predicted molar refractivity (Wildman–Crippen MR) is 106 cm³/mol. The second-order valence-electron chi connectivity index (χ2n) is 6.75. The SMILES string of the molecule is Cc1nc(-c2ccccn2)ncc1C(=O)On1cc(C(N)=O)c2ccc(C(F)(F)F)cc21. The number of aromatic nitrogens is 4. The Labute approximate surface area is 178 Å². The molecule has 0 bridgehead atoms. The van der Waals surface area contributed by atoms with Crippen molar-refractivity contribution in [1.82, 2.24) is 19.7 Å². The third kappa shape index (κ3) is 3.87. The maximum Gasteiger partial charge on any atom is 0.416 e. The van der Waals surface area contributed by atoms with E-state index in [9.17, 15) is 22.8 Å². The number of benzene rings is 1. The van der Waals surface area contributed by atoms with Crippen molar-refractivity contribution in [2.75, 3.05) is 0 Å². The van der Waals surface area contributed by atoms with Crippen LogP contribution in [0.3, 0.4) is 0 Å². The van der Waals surface area contributed by atoms with Gasteiger partial charge in [0.1, 0.15) is 11.3 Å². The van der Waals surface area contributed by atoms with E-state index in [0.717, 1.165) is 29.1 Å². The van der Waals surface area contributed by atoms with Gasteiger partial charge >= 0.3 is 12.1 Å². The van der Waals surface area contributed by atoms with Gasteiger partial charge in [0.05, 0.1) is 28.5 Å². The molecule has 0 aliphatic carbocycles. The maximum atomic E-state index is 13.1. The van der Waals surface area contributed by atoms with Gasteiger partial charge in [-0.1, -0.05) is 12.1 Å². The lowest BCUT2D eigenvalue weighted by Gasteiger charge is -2.10. The Hall–Kier alpha value is -4.28. The Balaban J connectivity index is 1.71. The molecule has 0 saturated heterocycles. The molecule has 1 aromatic carbocycles. The van der Waals surface area contributed by atoms with Crippen LogP contribution in [-0.4, -0.2) is 31.6 Å². The van der Waals surface area contributed by atoms with Crippen LogP contribution in [0, 0.1) is 6.92 Å². The van der Waals surface area contributed by atoms with Crippen molar-refractivity contribution in [2.24, 2.45) is 5.73 Å². The lowest BCUT2D eigenvalue weighted by Crippen LogP contribution is -2.21. The molecule has 0 saturated carbocycles. The third-order valence-electron chi connectivity index (χ3n) is 4.64. The molecule has 32 heavy (non-hydrogen) atoms. The van der Waals surface area contributed by atoms with E-state index in [1.807, 2.05) is 0 Å². The van der Waals surface area contributed by atoms with Crippen LogP contribution in [0.4, 0.5) is 13.2 Å². The molecule has 0 fully saturated rings. The summed E-state index contributed by atoms with van der Waals surface area (Å²) >= 11 is 0. The summed E-state index contributed by atoms with van der Waals surface area (Å²) in [6.07, 6.45) is -0.773. The van der Waals surface area contributed by atoms with Gasteiger partial charge in [-0.2, -0.15) is 17.9 Å². The van der Waals surface area contributed by atoms with Gasteiger partial charge < -0.3 is 10.6 Å². The first-order valence-corrected chi connectivity index (χ1v) is 9.15. The van der Waals surface area contributed by atoms with E-state index >= 15 is 0 Å². The van der Waals surface area contributed by atoms with Gasteiger partial charge in [0.2, 0.25) is 0 Å². The second-order valence-corrected chi connectivity index (χ2v) is 6.75. The zero-order valence-electron chi connectivity index (χ0n) is 16.4. The van der Waals surface area contributed by atoms with E-state index in [4.69, 9.17) is 10.6 Å². The smallest absolute Gasteiger partial charge is 0.366 e. The molecule has 0 radical (unpaired) electrons. The number of nitrogens with zero attached hydrogens (tertiary/aromatic N) is 4. The number of hydrogen-bond donors (Lipinski definition) is 1. The molecular weight excluding hydrogens is 427 g/mol. The summed E-state index contributed by atoms with van der Waals surface area (Å²) < 4.78 is 40.2. The number of primary amides is 1. The Bertz CT molecular complexity index is 1350. The molecule has 8 nitrogen and oxygen atoms in total. The molecule has 0 atom stereocenters. The molecule has 1 amide bonds. The molecule has 4 rings (SSSR count). The van der Waals surface area contributed by atoms with Crippen LogP contribution in [0.25, 0.3) is 22.4 Å². The van der Waals surface area contributed by atoms with E-state index in [0.29, 0.717) is 5.69 Å². The van der Waals surface area contributed by atoms with Crippen LogP contribution in [0.2, 0.25) is 0 Å². The highest BCUT2D eigenvalue weighted by Crippen LogP contribution is 2.32. The Kier molecular flexibility index (Phi) is 5.09. The molecular formula is C21H14F3N5O3. The summed E-state index contributed by atoms with van der Waals surface area (Å²) in [6.45, 7) is 1.55. The first kappa shape index (κ1) is 21.0. The fraction of sp³-hybridized carbons (Fsp3) is 0.0952. The molecule has 0 spiro atoms. The number of halogens is 3. The average molecular weight is 441 g/mol. The van der Waals surface area contributed by atoms with Gasteiger partial charge in [-0.05, 0) is 31.2 Å². The van der Waals surface area contributed by atoms with Crippen molar-refractivity contribution >= 4 is 22.8 Å². The molecule has 3 aromatic heterocycles. The first-order chi connectivity index (χ1) is 15.1. The Morgan fingerprint density at radius 2 is 1.88 bits per heavy atom. The fourth-order valence-corrected chi connectivity index (χ4v) is 3.07. The van der Waals surface area contributed by atoms with Gasteiger partial charge in [-0.15, -0.1) is 0 Å². The highest BCUT2D eigenvalue weighted by atomic mass is 19.4. The van der Waals surface area contributed by atoms with E-state index in [1.165, 1.54) is 6.20 Å². The van der Waals surface area contributed by atoms with Crippen LogP contribution in [0.1, 0.15) is 32.0 Å². The largest absolute Gasteiger partial charge is 0.416 e. The number of pyridine rings is 1. The predicted octanol–water partition coefficient (Wildman–Crippen LogP) is 3.19. The number of amides is 1. The maximum absolute atomic E-state index is 13.1. The van der Waals surface area contributed by atoms with Crippen LogP contribution in [-0.2, 0) is 6.18 Å². The molecule has 11 heteroatoms. The number of carbonyl (C=O) groups is 2. The summed E-state index contributed by atoms with van der Waals surface area (Å²) in [5.41, 5.74) is 4.85. The first-order valence-electron chi connectivity index (χ1n) is 9.15. The zero-order valence-corrected chi connectivity index (χ0v) is 16.4. The van der Waals surface area contributed by atoms with Crippen LogP contribution >= 0.6 is 0 Å². The van der Waals surface area contributed by atoms with Gasteiger partial charge in [0, 0.05) is 17.8 Å². The topological polar surface area (TPSA) is 113 Å². The number of carbonyl (C=O) groups excluding carboxylic acids is 2. The summed E-state index contributed by atoms with van der Waals surface area (Å²) in [5.74, 6) is -1.53. The van der Waals surface area contributed by atoms with E-state index < -0.39 is 23.6 Å². The van der Waals surface area contributed by atoms with Crippen LogP contribution in [0.5, 0.6) is 0 Å². The Morgan fingerprint density at radius 3 is 2.50 bits per heavy atom. The number of hydrogen-bond acceptors (Lipinski definition) is 6. The van der Waals surface area contributed by atoms with Crippen molar-refractivity contribution in [2.45, 2.75) is 13.1 Å². The lowest BCUT2D eigenvalue weighted by atomic mass is 10.1. The standard InChI is InChI=1S/C21H14F3N5O3/c1-11-14(9-27-19(28-11)16-4-2-3-7-26-16)20(31)32-29-10-15(18(25)30)13-6-5-12(8-17(13)29)21(22,23)24/h2-10H,1H3,(H2,25,30). The molecule has 3 heterocycles. The summed E-state index contributed by atoms with van der Waals surface area (Å²) in [7, 11) is 0. The highest BCUT2D eigenvalue weighted by Gasteiger charge is 2.31. The molecule has 0 aliphatic heterocycles. The summed E-state index contributed by atoms with van der Waals surface area (Å²) in [4.78, 5) is 42.2. The normalized spacial score (nSPS) is 11.5. The van der Waals surface area contributed by atoms with Gasteiger partial charge in [0.15, 0.2) is 5.82 Å². The average Bonchev–Trinajstić information content (AvgIpc) is 3.11. The summed E-state index contributed by atoms with van der Waals surface area (Å²) in [6, 6.07) is 7.86. The molecule has 162 valence electrons. The quantitative estimate of drug-likeness (QED) is 0.521. The third-order valence-corrected chi connectivity index (χ3v) is 4.64. The number of aryl methyl sites for hydroxylation is 1. The monoisotopic (exact) mass is 441 g/mol. The van der Waals surface area contributed by atoms with Crippen molar-refractivity contribution in [3.8, 4) is 11.5 Å². The summed E-state index contributed by atoms with van der Waals surface area (Å²) in [5, 5.41) is 0.108. The number of alkyl halides is 3. The molecule has 0 aliphatic rings. The minimum atomic E-state index is -4.63. The number of nitrogens with two attached hydrogens (primary N) is 1. The van der Waals surface area contributed by atoms with Crippen molar-refractivity contribution in [1.29, 1.82) is 0 Å². The van der Waals surface area contributed by atoms with E-state index in [2.05, 4.69) is 15.0 Å². The molecule has 0 unspecified atom stereocenters. The minimum absolute atomic E-state index is 0.0147. The molecule has 4 aromatic rings. The van der Waals surface area contributed by atoms with Crippen molar-refractivity contribution < 1.29 is 27.6 Å². The van der Waals surface area contributed by atoms with Gasteiger partial charge in [-0.25, -0.2) is 14.8 Å².